The molecule has 3 aromatic rings. The Bertz CT molecular complexity index is 913. The number of pyridine rings is 1. The highest BCUT2D eigenvalue weighted by Crippen LogP contribution is 2.26. The van der Waals surface area contributed by atoms with Crippen molar-refractivity contribution in [3.8, 4) is 5.75 Å². The number of halogens is 1. The summed E-state index contributed by atoms with van der Waals surface area (Å²) in [7, 11) is 0. The average molecular weight is 408 g/mol. The quantitative estimate of drug-likeness (QED) is 0.667. The number of hydrogen-bond acceptors (Lipinski definition) is 3. The summed E-state index contributed by atoms with van der Waals surface area (Å²) in [6.45, 7) is 1.15. The molecule has 148 valence electrons. The topological polar surface area (TPSA) is 54.5 Å². The molecule has 2 heterocycles. The van der Waals surface area contributed by atoms with E-state index in [9.17, 15) is 4.79 Å². The van der Waals surface area contributed by atoms with Gasteiger partial charge >= 0.3 is 6.03 Å². The zero-order valence-corrected chi connectivity index (χ0v) is 16.6. The molecule has 6 heteroatoms. The van der Waals surface area contributed by atoms with E-state index in [1.807, 2.05) is 60.7 Å². The van der Waals surface area contributed by atoms with Crippen molar-refractivity contribution in [3.63, 3.8) is 0 Å². The van der Waals surface area contributed by atoms with E-state index in [4.69, 9.17) is 16.3 Å². The molecule has 0 radical (unpaired) electrons. The number of ether oxygens (including phenoxy) is 1. The third-order valence-corrected chi connectivity index (χ3v) is 5.28. The van der Waals surface area contributed by atoms with E-state index in [1.165, 1.54) is 0 Å². The minimum atomic E-state index is -0.209. The molecule has 1 aliphatic heterocycles. The molecule has 0 spiro atoms. The van der Waals surface area contributed by atoms with Crippen LogP contribution < -0.4 is 10.1 Å². The van der Waals surface area contributed by atoms with Crippen LogP contribution in [0.25, 0.3) is 0 Å². The molecule has 1 fully saturated rings. The van der Waals surface area contributed by atoms with Gasteiger partial charge in [0.25, 0.3) is 0 Å². The monoisotopic (exact) mass is 407 g/mol. The van der Waals surface area contributed by atoms with E-state index in [0.29, 0.717) is 23.9 Å². The fourth-order valence-corrected chi connectivity index (χ4v) is 3.68. The maximum absolute atomic E-state index is 13.0. The Labute approximate surface area is 175 Å². The predicted octanol–water partition coefficient (Wildman–Crippen LogP) is 4.69. The van der Waals surface area contributed by atoms with E-state index in [0.717, 1.165) is 17.5 Å². The lowest BCUT2D eigenvalue weighted by molar-refractivity contribution is 0.185. The summed E-state index contributed by atoms with van der Waals surface area (Å²) in [5.74, 6) is 0.598. The number of aromatic nitrogens is 1. The molecule has 1 aliphatic rings. The Hall–Kier alpha value is -3.05. The highest BCUT2D eigenvalue weighted by Gasteiger charge is 2.29. The van der Waals surface area contributed by atoms with Crippen LogP contribution in [0.2, 0.25) is 5.02 Å². The summed E-state index contributed by atoms with van der Waals surface area (Å²) in [6, 6.07) is 21.4. The minimum absolute atomic E-state index is 0.0902. The lowest BCUT2D eigenvalue weighted by atomic mass is 9.99. The summed E-state index contributed by atoms with van der Waals surface area (Å²) in [6.07, 6.45) is 3.87. The molecule has 2 aromatic carbocycles. The number of benzene rings is 2. The van der Waals surface area contributed by atoms with Gasteiger partial charge in [-0.05, 0) is 11.1 Å². The number of nitrogens with one attached hydrogen (secondary N) is 1. The predicted molar refractivity (Wildman–Crippen MR) is 113 cm³/mol. The summed E-state index contributed by atoms with van der Waals surface area (Å²) in [5.41, 5.74) is 2.09. The van der Waals surface area contributed by atoms with Crippen LogP contribution in [-0.4, -0.2) is 35.1 Å². The van der Waals surface area contributed by atoms with Gasteiger partial charge in [0, 0.05) is 31.4 Å². The Morgan fingerprint density at radius 1 is 1.07 bits per heavy atom. The molecule has 0 saturated carbocycles. The standard InChI is InChI=1S/C23H22ClN3O2/c24-20-15-25-13-11-21(20)29-19-12-14-27(16-19)23(28)26-22(17-7-3-1-4-8-17)18-9-5-2-6-10-18/h1-11,13,15,19,22H,12,14,16H2,(H,26,28)/t19-/m1/s1. The molecular weight excluding hydrogens is 386 g/mol. The lowest BCUT2D eigenvalue weighted by Crippen LogP contribution is -2.41. The van der Waals surface area contributed by atoms with Crippen molar-refractivity contribution >= 4 is 17.6 Å². The van der Waals surface area contributed by atoms with Crippen molar-refractivity contribution in [3.05, 3.63) is 95.3 Å². The van der Waals surface area contributed by atoms with Crippen LogP contribution in [0.1, 0.15) is 23.6 Å². The fourth-order valence-electron chi connectivity index (χ4n) is 3.51. The van der Waals surface area contributed by atoms with Crippen LogP contribution >= 0.6 is 11.6 Å². The lowest BCUT2D eigenvalue weighted by Gasteiger charge is -2.24. The molecule has 5 nitrogen and oxygen atoms in total. The second-order valence-corrected chi connectivity index (χ2v) is 7.39. The van der Waals surface area contributed by atoms with Crippen molar-refractivity contribution in [2.24, 2.45) is 0 Å². The smallest absolute Gasteiger partial charge is 0.318 e. The van der Waals surface area contributed by atoms with Crippen molar-refractivity contribution in [2.45, 2.75) is 18.6 Å². The van der Waals surface area contributed by atoms with Crippen molar-refractivity contribution in [1.29, 1.82) is 0 Å². The summed E-state index contributed by atoms with van der Waals surface area (Å²) < 4.78 is 5.97. The molecule has 1 saturated heterocycles. The largest absolute Gasteiger partial charge is 0.487 e. The van der Waals surface area contributed by atoms with Crippen molar-refractivity contribution in [2.75, 3.05) is 13.1 Å². The van der Waals surface area contributed by atoms with Crippen molar-refractivity contribution in [1.82, 2.24) is 15.2 Å². The van der Waals surface area contributed by atoms with Crippen molar-refractivity contribution < 1.29 is 9.53 Å². The molecule has 0 aliphatic carbocycles. The van der Waals surface area contributed by atoms with Crippen LogP contribution in [0.5, 0.6) is 5.75 Å². The first-order valence-corrected chi connectivity index (χ1v) is 10.00. The highest BCUT2D eigenvalue weighted by atomic mass is 35.5. The Morgan fingerprint density at radius 2 is 1.72 bits per heavy atom. The first kappa shape index (κ1) is 19.3. The van der Waals surface area contributed by atoms with Crippen LogP contribution in [0.15, 0.2) is 79.1 Å². The third-order valence-electron chi connectivity index (χ3n) is 4.99. The van der Waals surface area contributed by atoms with Gasteiger partial charge in [-0.2, -0.15) is 0 Å². The van der Waals surface area contributed by atoms with E-state index >= 15 is 0 Å². The van der Waals surface area contributed by atoms with Crippen LogP contribution in [0.4, 0.5) is 4.79 Å². The Kier molecular flexibility index (Phi) is 5.96. The second-order valence-electron chi connectivity index (χ2n) is 6.98. The molecule has 4 rings (SSSR count). The number of hydrogen-bond donors (Lipinski definition) is 1. The number of rotatable bonds is 5. The molecule has 29 heavy (non-hydrogen) atoms. The van der Waals surface area contributed by atoms with Gasteiger partial charge in [-0.1, -0.05) is 72.3 Å². The van der Waals surface area contributed by atoms with Gasteiger partial charge in [0.05, 0.1) is 12.6 Å². The first-order valence-electron chi connectivity index (χ1n) is 9.62. The van der Waals surface area contributed by atoms with E-state index in [1.54, 1.807) is 23.4 Å². The summed E-state index contributed by atoms with van der Waals surface area (Å²) >= 11 is 6.13. The van der Waals surface area contributed by atoms with Gasteiger partial charge in [-0.15, -0.1) is 0 Å². The Morgan fingerprint density at radius 3 is 2.34 bits per heavy atom. The summed E-state index contributed by atoms with van der Waals surface area (Å²) in [5, 5.41) is 3.66. The number of nitrogens with zero attached hydrogens (tertiary/aromatic N) is 2. The molecule has 1 aromatic heterocycles. The van der Waals surface area contributed by atoms with E-state index < -0.39 is 0 Å². The Balaban J connectivity index is 1.44. The molecule has 1 atom stereocenters. The fraction of sp³-hybridized carbons (Fsp3) is 0.217. The van der Waals surface area contributed by atoms with Gasteiger partial charge in [0.2, 0.25) is 0 Å². The van der Waals surface area contributed by atoms with Gasteiger partial charge in [0.1, 0.15) is 16.9 Å². The highest BCUT2D eigenvalue weighted by molar-refractivity contribution is 6.31. The van der Waals surface area contributed by atoms with Crippen LogP contribution in [0.3, 0.4) is 0 Å². The normalized spacial score (nSPS) is 16.1. The minimum Gasteiger partial charge on any atom is -0.487 e. The second kappa shape index (κ2) is 8.97. The van der Waals surface area contributed by atoms with E-state index in [-0.39, 0.29) is 18.2 Å². The molecule has 2 amide bonds. The third kappa shape index (κ3) is 4.69. The maximum Gasteiger partial charge on any atom is 0.318 e. The summed E-state index contributed by atoms with van der Waals surface area (Å²) in [4.78, 5) is 18.7. The zero-order valence-electron chi connectivity index (χ0n) is 15.9. The number of likely N-dealkylation sites (tertiary alicyclic amines) is 1. The van der Waals surface area contributed by atoms with Gasteiger partial charge in [-0.3, -0.25) is 4.98 Å². The van der Waals surface area contributed by atoms with Crippen LogP contribution in [0, 0.1) is 0 Å². The molecular formula is C23H22ClN3O2. The molecule has 0 bridgehead atoms. The number of carbonyl (C=O) groups excluding carboxylic acids is 1. The first-order chi connectivity index (χ1) is 14.2. The number of urea groups is 1. The maximum atomic E-state index is 13.0. The average Bonchev–Trinajstić information content (AvgIpc) is 3.23. The molecule has 0 unspecified atom stereocenters. The number of amides is 2. The van der Waals surface area contributed by atoms with Gasteiger partial charge in [-0.25, -0.2) is 4.79 Å². The van der Waals surface area contributed by atoms with E-state index in [2.05, 4.69) is 10.3 Å². The number of carbonyl (C=O) groups is 1. The van der Waals surface area contributed by atoms with Gasteiger partial charge < -0.3 is 15.0 Å². The zero-order chi connectivity index (χ0) is 20.1. The van der Waals surface area contributed by atoms with Crippen LogP contribution in [-0.2, 0) is 0 Å². The molecule has 1 N–H and O–H groups in total. The SMILES string of the molecule is O=C(NC(c1ccccc1)c1ccccc1)N1CC[C@@H](Oc2ccncc2Cl)C1. The van der Waals surface area contributed by atoms with Gasteiger partial charge in [0.15, 0.2) is 0 Å².